The van der Waals surface area contributed by atoms with Gasteiger partial charge in [0.25, 0.3) is 0 Å². The molecular formula is C14H17ClO. The highest BCUT2D eigenvalue weighted by molar-refractivity contribution is 6.27. The third-order valence-corrected chi connectivity index (χ3v) is 3.80. The monoisotopic (exact) mass is 236 g/mol. The zero-order valence-corrected chi connectivity index (χ0v) is 10.1. The van der Waals surface area contributed by atoms with Crippen molar-refractivity contribution in [2.24, 2.45) is 5.92 Å². The summed E-state index contributed by atoms with van der Waals surface area (Å²) < 4.78 is 0. The third-order valence-electron chi connectivity index (χ3n) is 3.53. The topological polar surface area (TPSA) is 17.1 Å². The second-order valence-corrected chi connectivity index (χ2v) is 4.84. The van der Waals surface area contributed by atoms with Gasteiger partial charge in [-0.1, -0.05) is 36.8 Å². The van der Waals surface area contributed by atoms with E-state index in [1.165, 1.54) is 12.0 Å². The van der Waals surface area contributed by atoms with Crippen LogP contribution in [0.4, 0.5) is 0 Å². The van der Waals surface area contributed by atoms with Crippen molar-refractivity contribution in [1.29, 1.82) is 0 Å². The first-order valence-corrected chi connectivity index (χ1v) is 6.48. The molecule has 0 saturated heterocycles. The van der Waals surface area contributed by atoms with Crippen molar-refractivity contribution in [3.05, 3.63) is 35.9 Å². The van der Waals surface area contributed by atoms with Crippen molar-refractivity contribution in [3.8, 4) is 0 Å². The minimum atomic E-state index is 0.173. The SMILES string of the molecule is O=C(CCl)[C@H]1CCC[C@@H](c2ccccc2)C1. The Kier molecular flexibility index (Phi) is 4.00. The first-order chi connectivity index (χ1) is 7.81. The summed E-state index contributed by atoms with van der Waals surface area (Å²) in [6.07, 6.45) is 4.35. The van der Waals surface area contributed by atoms with E-state index < -0.39 is 0 Å². The van der Waals surface area contributed by atoms with Gasteiger partial charge in [-0.15, -0.1) is 11.6 Å². The van der Waals surface area contributed by atoms with Crippen LogP contribution in [0.15, 0.2) is 30.3 Å². The van der Waals surface area contributed by atoms with Crippen molar-refractivity contribution < 1.29 is 4.79 Å². The normalized spacial score (nSPS) is 25.3. The minimum Gasteiger partial charge on any atom is -0.298 e. The highest BCUT2D eigenvalue weighted by atomic mass is 35.5. The average Bonchev–Trinajstić information content (AvgIpc) is 2.39. The molecule has 0 bridgehead atoms. The van der Waals surface area contributed by atoms with Gasteiger partial charge >= 0.3 is 0 Å². The van der Waals surface area contributed by atoms with Crippen LogP contribution in [-0.2, 0) is 4.79 Å². The Hall–Kier alpha value is -0.820. The Labute approximate surface area is 102 Å². The summed E-state index contributed by atoms with van der Waals surface area (Å²) in [5.41, 5.74) is 1.37. The summed E-state index contributed by atoms with van der Waals surface area (Å²) in [7, 11) is 0. The van der Waals surface area contributed by atoms with Crippen molar-refractivity contribution in [2.75, 3.05) is 5.88 Å². The molecule has 0 radical (unpaired) electrons. The highest BCUT2D eigenvalue weighted by Gasteiger charge is 2.27. The molecule has 0 spiro atoms. The fourth-order valence-corrected chi connectivity index (χ4v) is 2.84. The van der Waals surface area contributed by atoms with E-state index in [4.69, 9.17) is 11.6 Å². The van der Waals surface area contributed by atoms with Gasteiger partial charge in [-0.05, 0) is 30.7 Å². The van der Waals surface area contributed by atoms with Gasteiger partial charge in [-0.2, -0.15) is 0 Å². The van der Waals surface area contributed by atoms with E-state index in [0.29, 0.717) is 5.92 Å². The van der Waals surface area contributed by atoms with Crippen LogP contribution in [-0.4, -0.2) is 11.7 Å². The van der Waals surface area contributed by atoms with E-state index in [1.807, 2.05) is 6.07 Å². The predicted molar refractivity (Wildman–Crippen MR) is 66.9 cm³/mol. The highest BCUT2D eigenvalue weighted by Crippen LogP contribution is 2.36. The number of benzene rings is 1. The van der Waals surface area contributed by atoms with E-state index in [1.54, 1.807) is 0 Å². The van der Waals surface area contributed by atoms with E-state index in [0.717, 1.165) is 19.3 Å². The van der Waals surface area contributed by atoms with Crippen LogP contribution in [0.5, 0.6) is 0 Å². The smallest absolute Gasteiger partial charge is 0.150 e. The molecule has 0 unspecified atom stereocenters. The van der Waals surface area contributed by atoms with Crippen LogP contribution in [0.3, 0.4) is 0 Å². The molecule has 2 rings (SSSR count). The molecular weight excluding hydrogens is 220 g/mol. The Balaban J connectivity index is 2.05. The van der Waals surface area contributed by atoms with Crippen molar-refractivity contribution in [3.63, 3.8) is 0 Å². The second kappa shape index (κ2) is 5.49. The van der Waals surface area contributed by atoms with Gasteiger partial charge < -0.3 is 0 Å². The lowest BCUT2D eigenvalue weighted by atomic mass is 9.76. The van der Waals surface area contributed by atoms with Crippen LogP contribution >= 0.6 is 11.6 Å². The molecule has 2 heteroatoms. The predicted octanol–water partition coefficient (Wildman–Crippen LogP) is 3.77. The lowest BCUT2D eigenvalue weighted by Crippen LogP contribution is -2.22. The van der Waals surface area contributed by atoms with Gasteiger partial charge in [0.1, 0.15) is 0 Å². The molecule has 0 heterocycles. The van der Waals surface area contributed by atoms with E-state index >= 15 is 0 Å². The van der Waals surface area contributed by atoms with Crippen LogP contribution in [0, 0.1) is 5.92 Å². The number of rotatable bonds is 3. The zero-order chi connectivity index (χ0) is 11.4. The maximum absolute atomic E-state index is 11.6. The van der Waals surface area contributed by atoms with Crippen LogP contribution in [0.25, 0.3) is 0 Å². The fraction of sp³-hybridized carbons (Fsp3) is 0.500. The Morgan fingerprint density at radius 1 is 1.25 bits per heavy atom. The van der Waals surface area contributed by atoms with Gasteiger partial charge in [0.2, 0.25) is 0 Å². The third kappa shape index (κ3) is 2.65. The van der Waals surface area contributed by atoms with Crippen molar-refractivity contribution in [1.82, 2.24) is 0 Å². The summed E-state index contributed by atoms with van der Waals surface area (Å²) in [6.45, 7) is 0. The molecule has 2 atom stereocenters. The van der Waals surface area contributed by atoms with E-state index in [9.17, 15) is 4.79 Å². The maximum atomic E-state index is 11.6. The Morgan fingerprint density at radius 3 is 2.69 bits per heavy atom. The summed E-state index contributed by atoms with van der Waals surface area (Å²) in [5.74, 6) is 1.14. The number of Topliss-reactive ketones (excluding diaryl/α,β-unsaturated/α-hetero) is 1. The number of hydrogen-bond acceptors (Lipinski definition) is 1. The lowest BCUT2D eigenvalue weighted by Gasteiger charge is -2.28. The molecule has 0 aliphatic heterocycles. The van der Waals surface area contributed by atoms with Gasteiger partial charge in [0.15, 0.2) is 5.78 Å². The molecule has 86 valence electrons. The van der Waals surface area contributed by atoms with Crippen LogP contribution < -0.4 is 0 Å². The molecule has 0 aromatic heterocycles. The van der Waals surface area contributed by atoms with Gasteiger partial charge in [0, 0.05) is 5.92 Å². The van der Waals surface area contributed by atoms with Gasteiger partial charge in [-0.25, -0.2) is 0 Å². The molecule has 1 aliphatic rings. The first kappa shape index (κ1) is 11.7. The van der Waals surface area contributed by atoms with Gasteiger partial charge in [-0.3, -0.25) is 4.79 Å². The number of halogens is 1. The van der Waals surface area contributed by atoms with E-state index in [2.05, 4.69) is 24.3 Å². The molecule has 1 aliphatic carbocycles. The van der Waals surface area contributed by atoms with Crippen molar-refractivity contribution in [2.45, 2.75) is 31.6 Å². The molecule has 1 nitrogen and oxygen atoms in total. The second-order valence-electron chi connectivity index (χ2n) is 4.57. The molecule has 1 saturated carbocycles. The number of carbonyl (C=O) groups excluding carboxylic acids is 1. The van der Waals surface area contributed by atoms with Crippen LogP contribution in [0.1, 0.15) is 37.2 Å². The number of alkyl halides is 1. The lowest BCUT2D eigenvalue weighted by molar-refractivity contribution is -0.121. The Morgan fingerprint density at radius 2 is 2.00 bits per heavy atom. The maximum Gasteiger partial charge on any atom is 0.150 e. The quantitative estimate of drug-likeness (QED) is 0.731. The van der Waals surface area contributed by atoms with Crippen LogP contribution in [0.2, 0.25) is 0 Å². The molecule has 0 amide bonds. The average molecular weight is 237 g/mol. The fourth-order valence-electron chi connectivity index (χ4n) is 2.62. The first-order valence-electron chi connectivity index (χ1n) is 5.95. The van der Waals surface area contributed by atoms with E-state index in [-0.39, 0.29) is 17.6 Å². The molecule has 0 N–H and O–H groups in total. The standard InChI is InChI=1S/C14H17ClO/c15-10-14(16)13-8-4-7-12(9-13)11-5-2-1-3-6-11/h1-3,5-6,12-13H,4,7-10H2/t12-,13+/m1/s1. The number of ketones is 1. The number of carbonyl (C=O) groups is 1. The summed E-state index contributed by atoms with van der Waals surface area (Å²) in [6, 6.07) is 10.5. The molecule has 16 heavy (non-hydrogen) atoms. The Bertz CT molecular complexity index is 347. The molecule has 1 aromatic rings. The summed E-state index contributed by atoms with van der Waals surface area (Å²) >= 11 is 5.63. The number of hydrogen-bond donors (Lipinski definition) is 0. The summed E-state index contributed by atoms with van der Waals surface area (Å²) in [4.78, 5) is 11.6. The summed E-state index contributed by atoms with van der Waals surface area (Å²) in [5, 5.41) is 0. The molecule has 1 aromatic carbocycles. The largest absolute Gasteiger partial charge is 0.298 e. The molecule has 1 fully saturated rings. The minimum absolute atomic E-state index is 0.173. The van der Waals surface area contributed by atoms with Crippen molar-refractivity contribution >= 4 is 17.4 Å². The van der Waals surface area contributed by atoms with Gasteiger partial charge in [0.05, 0.1) is 5.88 Å². The zero-order valence-electron chi connectivity index (χ0n) is 9.36.